The number of aromatic nitrogens is 2. The maximum atomic E-state index is 12.9. The Labute approximate surface area is 176 Å². The molecule has 0 aliphatic heterocycles. The molecule has 0 spiro atoms. The predicted molar refractivity (Wildman–Crippen MR) is 113 cm³/mol. The van der Waals surface area contributed by atoms with Crippen LogP contribution < -0.4 is 10.3 Å². The van der Waals surface area contributed by atoms with Crippen molar-refractivity contribution in [3.63, 3.8) is 0 Å². The van der Waals surface area contributed by atoms with Crippen LogP contribution in [0.25, 0.3) is 10.8 Å². The smallest absolute Gasteiger partial charge is 0.364 e. The van der Waals surface area contributed by atoms with E-state index in [1.165, 1.54) is 10.7 Å². The molecule has 0 saturated heterocycles. The van der Waals surface area contributed by atoms with E-state index < -0.39 is 5.97 Å². The zero-order chi connectivity index (χ0) is 20.4. The summed E-state index contributed by atoms with van der Waals surface area (Å²) in [6.07, 6.45) is 0. The summed E-state index contributed by atoms with van der Waals surface area (Å²) in [5.41, 5.74) is 0.614. The summed E-state index contributed by atoms with van der Waals surface area (Å²) >= 11 is 12.1. The Morgan fingerprint density at radius 1 is 0.897 bits per heavy atom. The molecule has 3 aromatic carbocycles. The third-order valence-corrected chi connectivity index (χ3v) is 5.16. The first-order valence-corrected chi connectivity index (χ1v) is 9.50. The SMILES string of the molecule is O=C(Oc1cccc(Cl)c1Cl)c1nn(Cc2ccccc2)c(=O)c2ccccc12. The molecule has 0 aliphatic carbocycles. The van der Waals surface area contributed by atoms with Crippen LogP contribution in [0.1, 0.15) is 16.1 Å². The number of rotatable bonds is 4. The number of nitrogens with zero attached hydrogens (tertiary/aromatic N) is 2. The molecule has 7 heteroatoms. The number of hydrogen-bond acceptors (Lipinski definition) is 4. The zero-order valence-corrected chi connectivity index (χ0v) is 16.5. The normalized spacial score (nSPS) is 10.8. The van der Waals surface area contributed by atoms with E-state index in [9.17, 15) is 9.59 Å². The fraction of sp³-hybridized carbons (Fsp3) is 0.0455. The van der Waals surface area contributed by atoms with Crippen molar-refractivity contribution in [1.29, 1.82) is 0 Å². The van der Waals surface area contributed by atoms with Gasteiger partial charge in [-0.05, 0) is 23.8 Å². The molecule has 0 fully saturated rings. The number of carbonyl (C=O) groups is 1. The lowest BCUT2D eigenvalue weighted by atomic mass is 10.1. The van der Waals surface area contributed by atoms with Crippen LogP contribution >= 0.6 is 23.2 Å². The summed E-state index contributed by atoms with van der Waals surface area (Å²) in [5.74, 6) is -0.608. The van der Waals surface area contributed by atoms with Gasteiger partial charge in [0, 0.05) is 5.39 Å². The summed E-state index contributed by atoms with van der Waals surface area (Å²) in [6, 6.07) is 20.9. The molecule has 0 bridgehead atoms. The molecular weight excluding hydrogens is 411 g/mol. The number of ether oxygens (including phenoxy) is 1. The van der Waals surface area contributed by atoms with Crippen LogP contribution in [0, 0.1) is 0 Å². The lowest BCUT2D eigenvalue weighted by Crippen LogP contribution is -2.27. The van der Waals surface area contributed by atoms with Gasteiger partial charge in [-0.2, -0.15) is 5.10 Å². The van der Waals surface area contributed by atoms with Gasteiger partial charge in [-0.25, -0.2) is 9.48 Å². The lowest BCUT2D eigenvalue weighted by Gasteiger charge is -2.11. The number of carbonyl (C=O) groups excluding carboxylic acids is 1. The van der Waals surface area contributed by atoms with Crippen LogP contribution in [0.5, 0.6) is 5.75 Å². The van der Waals surface area contributed by atoms with Crippen molar-refractivity contribution in [2.45, 2.75) is 6.54 Å². The molecule has 0 amide bonds. The molecule has 29 heavy (non-hydrogen) atoms. The molecule has 0 aliphatic rings. The number of fused-ring (bicyclic) bond motifs is 1. The van der Waals surface area contributed by atoms with Crippen molar-refractivity contribution in [3.8, 4) is 5.75 Å². The van der Waals surface area contributed by atoms with Crippen LogP contribution in [-0.4, -0.2) is 15.7 Å². The number of esters is 1. The lowest BCUT2D eigenvalue weighted by molar-refractivity contribution is 0.0728. The topological polar surface area (TPSA) is 61.2 Å². The van der Waals surface area contributed by atoms with E-state index in [0.717, 1.165) is 5.56 Å². The van der Waals surface area contributed by atoms with E-state index in [4.69, 9.17) is 27.9 Å². The highest BCUT2D eigenvalue weighted by molar-refractivity contribution is 6.43. The van der Waals surface area contributed by atoms with Gasteiger partial charge in [-0.15, -0.1) is 0 Å². The van der Waals surface area contributed by atoms with Crippen molar-refractivity contribution in [2.24, 2.45) is 0 Å². The summed E-state index contributed by atoms with van der Waals surface area (Å²) in [5, 5.41) is 5.48. The monoisotopic (exact) mass is 424 g/mol. The van der Waals surface area contributed by atoms with E-state index in [2.05, 4.69) is 5.10 Å². The van der Waals surface area contributed by atoms with Crippen molar-refractivity contribution < 1.29 is 9.53 Å². The molecule has 5 nitrogen and oxygen atoms in total. The molecule has 0 unspecified atom stereocenters. The molecule has 4 aromatic rings. The van der Waals surface area contributed by atoms with Crippen molar-refractivity contribution >= 4 is 39.9 Å². The molecular formula is C22H14Cl2N2O3. The first-order valence-electron chi connectivity index (χ1n) is 8.74. The van der Waals surface area contributed by atoms with Gasteiger partial charge < -0.3 is 4.74 Å². The van der Waals surface area contributed by atoms with Crippen LogP contribution in [0.15, 0.2) is 77.6 Å². The fourth-order valence-corrected chi connectivity index (χ4v) is 3.29. The van der Waals surface area contributed by atoms with Gasteiger partial charge in [0.25, 0.3) is 5.56 Å². The molecule has 0 atom stereocenters. The summed E-state index contributed by atoms with van der Waals surface area (Å²) in [7, 11) is 0. The Balaban J connectivity index is 1.80. The maximum Gasteiger partial charge on any atom is 0.364 e. The minimum absolute atomic E-state index is 0.0205. The van der Waals surface area contributed by atoms with Crippen molar-refractivity contribution in [3.05, 3.63) is 104 Å². The van der Waals surface area contributed by atoms with Crippen molar-refractivity contribution in [1.82, 2.24) is 9.78 Å². The molecule has 0 N–H and O–H groups in total. The minimum atomic E-state index is -0.729. The van der Waals surface area contributed by atoms with Crippen LogP contribution in [0.4, 0.5) is 0 Å². The first-order chi connectivity index (χ1) is 14.0. The quantitative estimate of drug-likeness (QED) is 0.342. The standard InChI is InChI=1S/C22H14Cl2N2O3/c23-17-11-6-12-18(19(17)24)29-22(28)20-15-9-4-5-10-16(15)21(27)26(25-20)13-14-7-2-1-3-8-14/h1-12H,13H2. The predicted octanol–water partition coefficient (Wildman–Crippen LogP) is 4.97. The molecule has 0 saturated carbocycles. The molecule has 144 valence electrons. The third-order valence-electron chi connectivity index (χ3n) is 4.36. The molecule has 0 radical (unpaired) electrons. The van der Waals surface area contributed by atoms with E-state index in [1.807, 2.05) is 30.3 Å². The summed E-state index contributed by atoms with van der Waals surface area (Å²) in [6.45, 7) is 0.225. The van der Waals surface area contributed by atoms with Gasteiger partial charge in [0.15, 0.2) is 11.4 Å². The Morgan fingerprint density at radius 2 is 1.59 bits per heavy atom. The van der Waals surface area contributed by atoms with Crippen LogP contribution in [-0.2, 0) is 6.54 Å². The third kappa shape index (κ3) is 3.88. The second-order valence-corrected chi connectivity index (χ2v) is 7.07. The van der Waals surface area contributed by atoms with Gasteiger partial charge in [0.2, 0.25) is 0 Å². The van der Waals surface area contributed by atoms with E-state index in [-0.39, 0.29) is 33.6 Å². The second kappa shape index (κ2) is 8.07. The number of benzene rings is 3. The van der Waals surface area contributed by atoms with Gasteiger partial charge in [0.1, 0.15) is 5.02 Å². The van der Waals surface area contributed by atoms with Crippen molar-refractivity contribution in [2.75, 3.05) is 0 Å². The largest absolute Gasteiger partial charge is 0.420 e. The highest BCUT2D eigenvalue weighted by atomic mass is 35.5. The average molecular weight is 425 g/mol. The van der Waals surface area contributed by atoms with Gasteiger partial charge in [-0.1, -0.05) is 77.8 Å². The number of hydrogen-bond donors (Lipinski definition) is 0. The van der Waals surface area contributed by atoms with E-state index in [0.29, 0.717) is 10.8 Å². The Morgan fingerprint density at radius 3 is 2.34 bits per heavy atom. The molecule has 4 rings (SSSR count). The zero-order valence-electron chi connectivity index (χ0n) is 15.0. The minimum Gasteiger partial charge on any atom is -0.420 e. The summed E-state index contributed by atoms with van der Waals surface area (Å²) < 4.78 is 6.69. The Hall–Kier alpha value is -3.15. The number of halogens is 2. The fourth-order valence-electron chi connectivity index (χ4n) is 2.96. The highest BCUT2D eigenvalue weighted by Gasteiger charge is 2.20. The van der Waals surface area contributed by atoms with E-state index >= 15 is 0 Å². The first kappa shape index (κ1) is 19.2. The second-order valence-electron chi connectivity index (χ2n) is 6.28. The summed E-state index contributed by atoms with van der Waals surface area (Å²) in [4.78, 5) is 25.8. The van der Waals surface area contributed by atoms with E-state index in [1.54, 1.807) is 36.4 Å². The Kier molecular flexibility index (Phi) is 5.34. The highest BCUT2D eigenvalue weighted by Crippen LogP contribution is 2.32. The molecule has 1 aromatic heterocycles. The maximum absolute atomic E-state index is 12.9. The average Bonchev–Trinajstić information content (AvgIpc) is 2.74. The molecule has 1 heterocycles. The van der Waals surface area contributed by atoms with Gasteiger partial charge in [0.05, 0.1) is 17.0 Å². The van der Waals surface area contributed by atoms with Crippen LogP contribution in [0.2, 0.25) is 10.0 Å². The Bertz CT molecular complexity index is 1270. The van der Waals surface area contributed by atoms with Gasteiger partial charge in [-0.3, -0.25) is 4.79 Å². The van der Waals surface area contributed by atoms with Gasteiger partial charge >= 0.3 is 5.97 Å². The van der Waals surface area contributed by atoms with Crippen LogP contribution in [0.3, 0.4) is 0 Å².